The van der Waals surface area contributed by atoms with Crippen molar-refractivity contribution >= 4 is 45.9 Å². The van der Waals surface area contributed by atoms with Crippen molar-refractivity contribution in [2.24, 2.45) is 5.92 Å². The van der Waals surface area contributed by atoms with E-state index in [1.807, 2.05) is 24.3 Å². The first-order chi connectivity index (χ1) is 15.6. The fourth-order valence-corrected chi connectivity index (χ4v) is 4.63. The third kappa shape index (κ3) is 5.40. The largest absolute Gasteiger partial charge is 0.338 e. The molecule has 32 heavy (non-hydrogen) atoms. The summed E-state index contributed by atoms with van der Waals surface area (Å²) in [5, 5.41) is 12.3. The van der Waals surface area contributed by atoms with Crippen LogP contribution in [0.25, 0.3) is 0 Å². The summed E-state index contributed by atoms with van der Waals surface area (Å²) in [6, 6.07) is 8.09. The Morgan fingerprint density at radius 1 is 1.12 bits per heavy atom. The van der Waals surface area contributed by atoms with E-state index >= 15 is 0 Å². The fourth-order valence-electron chi connectivity index (χ4n) is 3.45. The fraction of sp³-hybridized carbons (Fsp3) is 0.429. The molecule has 166 valence electrons. The predicted molar refractivity (Wildman–Crippen MR) is 125 cm³/mol. The molecule has 0 amide bonds. The van der Waals surface area contributed by atoms with Gasteiger partial charge in [0, 0.05) is 43.4 Å². The number of hydrogen-bond donors (Lipinski definition) is 1. The molecule has 2 aliphatic rings. The zero-order chi connectivity index (χ0) is 21.9. The summed E-state index contributed by atoms with van der Waals surface area (Å²) >= 11 is 2.88. The van der Waals surface area contributed by atoms with Crippen LogP contribution in [-0.2, 0) is 11.2 Å². The maximum absolute atomic E-state index is 12.1. The molecule has 1 saturated heterocycles. The van der Waals surface area contributed by atoms with Gasteiger partial charge in [-0.15, -0.1) is 10.2 Å². The van der Waals surface area contributed by atoms with Crippen LogP contribution in [0.5, 0.6) is 0 Å². The van der Waals surface area contributed by atoms with Crippen LogP contribution in [0.4, 0.5) is 17.0 Å². The van der Waals surface area contributed by atoms with Gasteiger partial charge in [-0.2, -0.15) is 15.0 Å². The Labute approximate surface area is 194 Å². The Hall–Kier alpha value is -2.63. The molecule has 1 N–H and O–H groups in total. The van der Waals surface area contributed by atoms with Crippen LogP contribution in [0.3, 0.4) is 0 Å². The first-order valence-electron chi connectivity index (χ1n) is 10.6. The van der Waals surface area contributed by atoms with Crippen molar-refractivity contribution in [1.82, 2.24) is 30.0 Å². The molecule has 1 saturated carbocycles. The summed E-state index contributed by atoms with van der Waals surface area (Å²) < 4.78 is 0. The number of hydrogen-bond acceptors (Lipinski definition) is 11. The van der Waals surface area contributed by atoms with Crippen molar-refractivity contribution < 1.29 is 4.79 Å². The van der Waals surface area contributed by atoms with Crippen LogP contribution >= 0.6 is 23.1 Å². The van der Waals surface area contributed by atoms with E-state index in [0.717, 1.165) is 49.5 Å². The number of benzene rings is 1. The number of nitrogens with one attached hydrogen (secondary N) is 1. The van der Waals surface area contributed by atoms with Crippen molar-refractivity contribution in [3.05, 3.63) is 35.3 Å². The second-order valence-electron chi connectivity index (χ2n) is 8.06. The molecule has 1 aromatic carbocycles. The molecule has 0 unspecified atom stereocenters. The summed E-state index contributed by atoms with van der Waals surface area (Å²) in [4.78, 5) is 31.5. The predicted octanol–water partition coefficient (Wildman–Crippen LogP) is 2.89. The van der Waals surface area contributed by atoms with E-state index in [1.165, 1.54) is 23.1 Å². The molecular weight excluding hydrogens is 444 g/mol. The van der Waals surface area contributed by atoms with E-state index in [0.29, 0.717) is 40.3 Å². The number of ketones is 1. The van der Waals surface area contributed by atoms with Gasteiger partial charge in [-0.25, -0.2) is 0 Å². The van der Waals surface area contributed by atoms with E-state index in [2.05, 4.69) is 42.3 Å². The van der Waals surface area contributed by atoms with Gasteiger partial charge in [0.2, 0.25) is 17.0 Å². The number of Topliss-reactive ketones (excluding diaryl/α,β-unsaturated/α-hetero) is 1. The number of aromatic nitrogens is 5. The summed E-state index contributed by atoms with van der Waals surface area (Å²) in [5.74, 6) is 1.77. The molecule has 9 nitrogen and oxygen atoms in total. The van der Waals surface area contributed by atoms with E-state index in [9.17, 15) is 4.79 Å². The monoisotopic (exact) mass is 468 g/mol. The molecule has 1 aliphatic carbocycles. The highest BCUT2D eigenvalue weighted by Gasteiger charge is 2.29. The number of piperazine rings is 1. The number of anilines is 3. The number of rotatable bonds is 8. The molecule has 2 aromatic heterocycles. The summed E-state index contributed by atoms with van der Waals surface area (Å²) in [6.07, 6.45) is 2.62. The highest BCUT2D eigenvalue weighted by Crippen LogP contribution is 2.32. The quantitative estimate of drug-likeness (QED) is 0.531. The van der Waals surface area contributed by atoms with Gasteiger partial charge in [0.05, 0.1) is 0 Å². The molecule has 1 aliphatic heterocycles. The third-order valence-corrected chi connectivity index (χ3v) is 6.99. The number of carbonyl (C=O) groups is 1. The summed E-state index contributed by atoms with van der Waals surface area (Å²) in [6.45, 7) is 3.67. The van der Waals surface area contributed by atoms with E-state index < -0.39 is 0 Å². The molecule has 5 rings (SSSR count). The zero-order valence-corrected chi connectivity index (χ0v) is 19.4. The maximum atomic E-state index is 12.1. The molecule has 3 aromatic rings. The van der Waals surface area contributed by atoms with Crippen molar-refractivity contribution in [3.63, 3.8) is 0 Å². The molecule has 0 bridgehead atoms. The van der Waals surface area contributed by atoms with Crippen molar-refractivity contribution in [1.29, 1.82) is 0 Å². The Kier molecular flexibility index (Phi) is 6.28. The van der Waals surface area contributed by atoms with Crippen molar-refractivity contribution in [2.75, 3.05) is 43.4 Å². The van der Waals surface area contributed by atoms with Gasteiger partial charge in [-0.3, -0.25) is 10.1 Å². The van der Waals surface area contributed by atoms with Gasteiger partial charge in [0.1, 0.15) is 11.3 Å². The lowest BCUT2D eigenvalue weighted by atomic mass is 10.1. The Bertz CT molecular complexity index is 1060. The summed E-state index contributed by atoms with van der Waals surface area (Å²) in [5.41, 5.74) is 2.72. The second kappa shape index (κ2) is 9.47. The van der Waals surface area contributed by atoms with E-state index in [-0.39, 0.29) is 0 Å². The van der Waals surface area contributed by atoms with Gasteiger partial charge < -0.3 is 9.80 Å². The SMILES string of the molecule is CN1CCN(c2nc(Nc3nncs3)nc(Sc3ccc(CC(=O)C4CC4)cc3)n2)CC1. The third-order valence-electron chi connectivity index (χ3n) is 5.51. The van der Waals surface area contributed by atoms with Crippen LogP contribution in [0, 0.1) is 5.92 Å². The van der Waals surface area contributed by atoms with Crippen LogP contribution in [0.15, 0.2) is 39.8 Å². The van der Waals surface area contributed by atoms with Crippen LogP contribution in [0.1, 0.15) is 18.4 Å². The molecule has 3 heterocycles. The Morgan fingerprint density at radius 2 is 1.91 bits per heavy atom. The number of nitrogens with zero attached hydrogens (tertiary/aromatic N) is 7. The van der Waals surface area contributed by atoms with Crippen LogP contribution < -0.4 is 10.2 Å². The first-order valence-corrected chi connectivity index (χ1v) is 12.3. The molecule has 0 radical (unpaired) electrons. The topological polar surface area (TPSA) is 100 Å². The second-order valence-corrected chi connectivity index (χ2v) is 9.94. The Balaban J connectivity index is 1.34. The van der Waals surface area contributed by atoms with Crippen LogP contribution in [-0.4, -0.2) is 69.1 Å². The number of likely N-dealkylation sites (N-methyl/N-ethyl adjacent to an activating group) is 1. The smallest absolute Gasteiger partial charge is 0.234 e. The van der Waals surface area contributed by atoms with Gasteiger partial charge in [0.25, 0.3) is 0 Å². The highest BCUT2D eigenvalue weighted by molar-refractivity contribution is 7.99. The van der Waals surface area contributed by atoms with Crippen LogP contribution in [0.2, 0.25) is 0 Å². The molecule has 0 spiro atoms. The average molecular weight is 469 g/mol. The van der Waals surface area contributed by atoms with Gasteiger partial charge >= 0.3 is 0 Å². The maximum Gasteiger partial charge on any atom is 0.234 e. The Morgan fingerprint density at radius 3 is 2.59 bits per heavy atom. The molecular formula is C21H24N8OS2. The normalized spacial score (nSPS) is 16.8. The first kappa shape index (κ1) is 21.2. The highest BCUT2D eigenvalue weighted by atomic mass is 32.2. The van der Waals surface area contributed by atoms with E-state index in [4.69, 9.17) is 4.98 Å². The minimum absolute atomic E-state index is 0.293. The molecule has 11 heteroatoms. The van der Waals surface area contributed by atoms with Crippen molar-refractivity contribution in [2.45, 2.75) is 29.3 Å². The van der Waals surface area contributed by atoms with Gasteiger partial charge in [-0.1, -0.05) is 23.5 Å². The minimum Gasteiger partial charge on any atom is -0.338 e. The standard InChI is InChI=1S/C21H24N8OS2/c1-28-8-10-29(11-9-28)19-23-18(25-21-27-22-13-31-21)24-20(26-19)32-16-6-2-14(3-7-16)12-17(30)15-4-5-15/h2-3,6-7,13,15H,4-5,8-12H2,1H3,(H,23,24,25,26,27). The molecule has 2 fully saturated rings. The van der Waals surface area contributed by atoms with E-state index in [1.54, 1.807) is 5.51 Å². The van der Waals surface area contributed by atoms with Gasteiger partial charge in [0.15, 0.2) is 5.16 Å². The number of carbonyl (C=O) groups excluding carboxylic acids is 1. The van der Waals surface area contributed by atoms with Crippen molar-refractivity contribution in [3.8, 4) is 0 Å². The van der Waals surface area contributed by atoms with Gasteiger partial charge in [-0.05, 0) is 49.3 Å². The average Bonchev–Trinajstić information content (AvgIpc) is 3.53. The lowest BCUT2D eigenvalue weighted by molar-refractivity contribution is -0.119. The summed E-state index contributed by atoms with van der Waals surface area (Å²) in [7, 11) is 2.12. The zero-order valence-electron chi connectivity index (χ0n) is 17.8. The lowest BCUT2D eigenvalue weighted by Crippen LogP contribution is -2.45. The lowest BCUT2D eigenvalue weighted by Gasteiger charge is -2.32. The molecule has 0 atom stereocenters. The minimum atomic E-state index is 0.293.